The molecule has 3 aliphatic rings. The lowest BCUT2D eigenvalue weighted by Crippen LogP contribution is -2.49. The molecule has 33 heavy (non-hydrogen) atoms. The second-order valence-corrected chi connectivity index (χ2v) is 9.38. The molecule has 2 aliphatic carbocycles. The number of carbonyl (C=O) groups excluding carboxylic acids is 3. The molecule has 2 aromatic carbocycles. The van der Waals surface area contributed by atoms with Gasteiger partial charge in [0.1, 0.15) is 6.04 Å². The van der Waals surface area contributed by atoms with Crippen LogP contribution in [0.3, 0.4) is 0 Å². The molecule has 1 saturated heterocycles. The van der Waals surface area contributed by atoms with Crippen LogP contribution in [0.4, 0.5) is 11.4 Å². The average Bonchev–Trinajstić information content (AvgIpc) is 3.48. The second kappa shape index (κ2) is 8.10. The number of aryl methyl sites for hydroxylation is 1. The molecule has 8 nitrogen and oxygen atoms in total. The number of amides is 3. The highest BCUT2D eigenvalue weighted by Gasteiger charge is 2.62. The van der Waals surface area contributed by atoms with Crippen molar-refractivity contribution in [1.29, 1.82) is 0 Å². The van der Waals surface area contributed by atoms with Crippen molar-refractivity contribution in [3.63, 3.8) is 0 Å². The van der Waals surface area contributed by atoms with Gasteiger partial charge in [-0.15, -0.1) is 0 Å². The topological polar surface area (TPSA) is 110 Å². The summed E-state index contributed by atoms with van der Waals surface area (Å²) in [7, 11) is 0. The van der Waals surface area contributed by atoms with E-state index < -0.39 is 16.9 Å². The average molecular weight is 447 g/mol. The Kier molecular flexibility index (Phi) is 5.23. The molecule has 0 spiro atoms. The molecule has 170 valence electrons. The van der Waals surface area contributed by atoms with Gasteiger partial charge in [0.2, 0.25) is 17.7 Å². The molecule has 5 rings (SSSR count). The van der Waals surface area contributed by atoms with Crippen molar-refractivity contribution in [1.82, 2.24) is 4.90 Å². The highest BCUT2D eigenvalue weighted by Crippen LogP contribution is 2.56. The van der Waals surface area contributed by atoms with Crippen molar-refractivity contribution in [2.24, 2.45) is 23.7 Å². The summed E-state index contributed by atoms with van der Waals surface area (Å²) in [5.41, 5.74) is 1.46. The SMILES string of the molecule is Cc1ccc(NC(=O)[C@H](Cc2ccccc2)N2C(=O)[C@@H]3[C@@H]4CC[C@H](C4)[C@@H]3C2=O)cc1[N+](=O)[O-]. The maximum absolute atomic E-state index is 13.4. The van der Waals surface area contributed by atoms with Crippen molar-refractivity contribution < 1.29 is 19.3 Å². The van der Waals surface area contributed by atoms with Gasteiger partial charge in [0.25, 0.3) is 5.69 Å². The molecule has 8 heteroatoms. The third kappa shape index (κ3) is 3.59. The fraction of sp³-hybridized carbons (Fsp3) is 0.400. The lowest BCUT2D eigenvalue weighted by atomic mass is 9.81. The third-order valence-corrected chi connectivity index (χ3v) is 7.52. The Hall–Kier alpha value is -3.55. The minimum atomic E-state index is -1.02. The summed E-state index contributed by atoms with van der Waals surface area (Å²) in [6.45, 7) is 1.62. The Labute approximate surface area is 191 Å². The van der Waals surface area contributed by atoms with Crippen molar-refractivity contribution in [2.75, 3.05) is 5.32 Å². The smallest absolute Gasteiger partial charge is 0.274 e. The van der Waals surface area contributed by atoms with Crippen LogP contribution in [-0.4, -0.2) is 33.6 Å². The Balaban J connectivity index is 1.46. The van der Waals surface area contributed by atoms with Gasteiger partial charge < -0.3 is 5.32 Å². The first-order valence-electron chi connectivity index (χ1n) is 11.3. The van der Waals surface area contributed by atoms with E-state index in [0.29, 0.717) is 5.56 Å². The van der Waals surface area contributed by atoms with Gasteiger partial charge >= 0.3 is 0 Å². The van der Waals surface area contributed by atoms with Gasteiger partial charge in [0.05, 0.1) is 16.8 Å². The Morgan fingerprint density at radius 3 is 2.33 bits per heavy atom. The van der Waals surface area contributed by atoms with Crippen LogP contribution in [0.2, 0.25) is 0 Å². The van der Waals surface area contributed by atoms with E-state index in [2.05, 4.69) is 5.32 Å². The van der Waals surface area contributed by atoms with E-state index in [1.165, 1.54) is 11.0 Å². The highest BCUT2D eigenvalue weighted by molar-refractivity contribution is 6.10. The number of nitrogens with zero attached hydrogens (tertiary/aromatic N) is 2. The van der Waals surface area contributed by atoms with Crippen LogP contribution in [-0.2, 0) is 20.8 Å². The second-order valence-electron chi connectivity index (χ2n) is 9.38. The van der Waals surface area contributed by atoms with E-state index in [1.807, 2.05) is 30.3 Å². The molecule has 5 atom stereocenters. The molecule has 2 bridgehead atoms. The Morgan fingerprint density at radius 1 is 1.09 bits per heavy atom. The van der Waals surface area contributed by atoms with Gasteiger partial charge in [-0.2, -0.15) is 0 Å². The molecule has 3 amide bonds. The van der Waals surface area contributed by atoms with Gasteiger partial charge in [-0.3, -0.25) is 29.4 Å². The van der Waals surface area contributed by atoms with Crippen LogP contribution >= 0.6 is 0 Å². The normalized spacial score (nSPS) is 26.4. The maximum Gasteiger partial charge on any atom is 0.274 e. The summed E-state index contributed by atoms with van der Waals surface area (Å²) in [6, 6.07) is 12.7. The fourth-order valence-corrected chi connectivity index (χ4v) is 5.99. The first-order chi connectivity index (χ1) is 15.8. The van der Waals surface area contributed by atoms with Crippen molar-refractivity contribution in [3.05, 3.63) is 69.8 Å². The zero-order chi connectivity index (χ0) is 23.3. The van der Waals surface area contributed by atoms with Gasteiger partial charge in [0.15, 0.2) is 0 Å². The number of imide groups is 1. The lowest BCUT2D eigenvalue weighted by molar-refractivity contribution is -0.385. The summed E-state index contributed by atoms with van der Waals surface area (Å²) in [6.07, 6.45) is 3.03. The number of rotatable bonds is 6. The van der Waals surface area contributed by atoms with Crippen LogP contribution in [0.15, 0.2) is 48.5 Å². The number of benzene rings is 2. The van der Waals surface area contributed by atoms with Crippen LogP contribution in [0.1, 0.15) is 30.4 Å². The number of fused-ring (bicyclic) bond motifs is 5. The summed E-state index contributed by atoms with van der Waals surface area (Å²) >= 11 is 0. The van der Waals surface area contributed by atoms with Crippen molar-refractivity contribution in [2.45, 2.75) is 38.6 Å². The Morgan fingerprint density at radius 2 is 1.73 bits per heavy atom. The molecule has 2 aromatic rings. The number of carbonyl (C=O) groups is 3. The van der Waals surface area contributed by atoms with Gasteiger partial charge in [-0.1, -0.05) is 36.4 Å². The molecule has 0 unspecified atom stereocenters. The third-order valence-electron chi connectivity index (χ3n) is 7.52. The van der Waals surface area contributed by atoms with E-state index >= 15 is 0 Å². The molecule has 0 radical (unpaired) electrons. The zero-order valence-corrected chi connectivity index (χ0v) is 18.3. The number of hydrogen-bond acceptors (Lipinski definition) is 5. The molecule has 0 aromatic heterocycles. The molecule has 1 heterocycles. The molecular formula is C25H25N3O5. The molecule has 3 fully saturated rings. The molecule has 2 saturated carbocycles. The number of hydrogen-bond donors (Lipinski definition) is 1. The van der Waals surface area contributed by atoms with Crippen LogP contribution in [0, 0.1) is 40.7 Å². The lowest BCUT2D eigenvalue weighted by Gasteiger charge is -2.27. The molecular weight excluding hydrogens is 422 g/mol. The predicted octanol–water partition coefficient (Wildman–Crippen LogP) is 3.48. The van der Waals surface area contributed by atoms with Crippen LogP contribution < -0.4 is 5.32 Å². The quantitative estimate of drug-likeness (QED) is 0.414. The van der Waals surface area contributed by atoms with Crippen LogP contribution in [0.25, 0.3) is 0 Å². The van der Waals surface area contributed by atoms with E-state index in [-0.39, 0.29) is 53.3 Å². The summed E-state index contributed by atoms with van der Waals surface area (Å²) in [5.74, 6) is -1.20. The monoisotopic (exact) mass is 447 g/mol. The number of anilines is 1. The minimum Gasteiger partial charge on any atom is -0.324 e. The van der Waals surface area contributed by atoms with E-state index in [1.54, 1.807) is 19.1 Å². The number of nitro benzene ring substituents is 1. The van der Waals surface area contributed by atoms with E-state index in [0.717, 1.165) is 24.8 Å². The van der Waals surface area contributed by atoms with Gasteiger partial charge in [-0.05, 0) is 49.7 Å². The first-order valence-corrected chi connectivity index (χ1v) is 11.3. The molecule has 1 N–H and O–H groups in total. The molecule has 1 aliphatic heterocycles. The minimum absolute atomic E-state index is 0.105. The Bertz CT molecular complexity index is 1120. The predicted molar refractivity (Wildman–Crippen MR) is 120 cm³/mol. The zero-order valence-electron chi connectivity index (χ0n) is 18.3. The van der Waals surface area contributed by atoms with Crippen molar-refractivity contribution in [3.8, 4) is 0 Å². The summed E-state index contributed by atoms with van der Waals surface area (Å²) < 4.78 is 0. The maximum atomic E-state index is 13.4. The van der Waals surface area contributed by atoms with Gasteiger partial charge in [-0.25, -0.2) is 0 Å². The number of likely N-dealkylation sites (tertiary alicyclic amines) is 1. The van der Waals surface area contributed by atoms with Crippen LogP contribution in [0.5, 0.6) is 0 Å². The fourth-order valence-electron chi connectivity index (χ4n) is 5.99. The number of nitrogens with one attached hydrogen (secondary N) is 1. The first kappa shape index (κ1) is 21.3. The summed E-state index contributed by atoms with van der Waals surface area (Å²) in [5, 5.41) is 14.0. The standard InChI is InChI=1S/C25H25N3O5/c1-14-7-10-18(13-19(14)28(32)33)26-23(29)20(11-15-5-3-2-4-6-15)27-24(30)21-16-8-9-17(12-16)22(21)25(27)31/h2-7,10,13,16-17,20-22H,8-9,11-12H2,1H3,(H,26,29)/t16-,17-,20+,21-,22+/m1/s1. The van der Waals surface area contributed by atoms with E-state index in [9.17, 15) is 24.5 Å². The van der Waals surface area contributed by atoms with Gasteiger partial charge in [0, 0.05) is 23.7 Å². The summed E-state index contributed by atoms with van der Waals surface area (Å²) in [4.78, 5) is 52.2. The highest BCUT2D eigenvalue weighted by atomic mass is 16.6. The number of nitro groups is 1. The van der Waals surface area contributed by atoms with E-state index in [4.69, 9.17) is 0 Å². The largest absolute Gasteiger partial charge is 0.324 e. The van der Waals surface area contributed by atoms with Crippen molar-refractivity contribution >= 4 is 29.1 Å².